The van der Waals surface area contributed by atoms with Crippen LogP contribution in [0.3, 0.4) is 0 Å². The number of likely N-dealkylation sites (tertiary alicyclic amines) is 1. The van der Waals surface area contributed by atoms with Crippen LogP contribution < -0.4 is 11.1 Å². The number of aromatic amines is 1. The lowest BCUT2D eigenvalue weighted by molar-refractivity contribution is 0.112. The molecular weight excluding hydrogens is 347 g/mol. The number of hydrogen-bond donors (Lipinski definition) is 1. The zero-order valence-electron chi connectivity index (χ0n) is 14.7. The third-order valence-corrected chi connectivity index (χ3v) is 5.65. The van der Waals surface area contributed by atoms with Gasteiger partial charge in [0.2, 0.25) is 0 Å². The molecule has 138 valence electrons. The van der Waals surface area contributed by atoms with Crippen LogP contribution in [0.4, 0.5) is 4.39 Å². The second-order valence-corrected chi connectivity index (χ2v) is 7.57. The Bertz CT molecular complexity index is 1150. The number of rotatable bonds is 2. The molecule has 0 amide bonds. The molecule has 4 heterocycles. The average Bonchev–Trinajstić information content (AvgIpc) is 2.63. The molecule has 1 N–H and O–H groups in total. The highest BCUT2D eigenvalue weighted by Crippen LogP contribution is 2.35. The van der Waals surface area contributed by atoms with E-state index in [9.17, 15) is 14.0 Å². The van der Waals surface area contributed by atoms with Crippen molar-refractivity contribution in [2.45, 2.75) is 25.4 Å². The summed E-state index contributed by atoms with van der Waals surface area (Å²) in [6.45, 7) is 2.96. The van der Waals surface area contributed by atoms with E-state index >= 15 is 0 Å². The maximum Gasteiger partial charge on any atom is 0.258 e. The summed E-state index contributed by atoms with van der Waals surface area (Å²) in [5.74, 6) is 0.871. The van der Waals surface area contributed by atoms with Crippen molar-refractivity contribution in [2.24, 2.45) is 5.92 Å². The monoisotopic (exact) mass is 366 g/mol. The molecule has 2 aromatic heterocycles. The normalized spacial score (nSPS) is 22.0. The van der Waals surface area contributed by atoms with Gasteiger partial charge in [-0.1, -0.05) is 6.07 Å². The van der Waals surface area contributed by atoms with Crippen LogP contribution in [0.2, 0.25) is 0 Å². The van der Waals surface area contributed by atoms with Crippen molar-refractivity contribution >= 4 is 10.9 Å². The minimum atomic E-state index is -0.444. The van der Waals surface area contributed by atoms with Crippen molar-refractivity contribution in [2.75, 3.05) is 13.1 Å². The second-order valence-electron chi connectivity index (χ2n) is 7.57. The Morgan fingerprint density at radius 3 is 2.93 bits per heavy atom. The third kappa shape index (κ3) is 2.88. The summed E-state index contributed by atoms with van der Waals surface area (Å²) in [7, 11) is 0. The van der Waals surface area contributed by atoms with Crippen molar-refractivity contribution in [1.29, 1.82) is 0 Å². The van der Waals surface area contributed by atoms with Crippen LogP contribution in [-0.4, -0.2) is 32.5 Å². The van der Waals surface area contributed by atoms with Crippen molar-refractivity contribution in [3.05, 3.63) is 74.4 Å². The number of piperidine rings is 1. The summed E-state index contributed by atoms with van der Waals surface area (Å²) in [6.07, 6.45) is 1.08. The van der Waals surface area contributed by atoms with E-state index in [4.69, 9.17) is 0 Å². The van der Waals surface area contributed by atoms with Crippen molar-refractivity contribution in [1.82, 2.24) is 19.4 Å². The van der Waals surface area contributed by atoms with Gasteiger partial charge >= 0.3 is 0 Å². The first kappa shape index (κ1) is 16.4. The zero-order valence-corrected chi connectivity index (χ0v) is 14.7. The first-order valence-electron chi connectivity index (χ1n) is 9.17. The Balaban J connectivity index is 1.43. The molecule has 0 saturated carbocycles. The predicted octanol–water partition coefficient (Wildman–Crippen LogP) is 1.84. The fourth-order valence-corrected chi connectivity index (χ4v) is 4.57. The summed E-state index contributed by atoms with van der Waals surface area (Å²) in [6, 6.07) is 9.56. The molecule has 1 unspecified atom stereocenters. The number of pyridine rings is 1. The second kappa shape index (κ2) is 6.13. The van der Waals surface area contributed by atoms with Gasteiger partial charge in [0, 0.05) is 37.3 Å². The van der Waals surface area contributed by atoms with Gasteiger partial charge in [-0.15, -0.1) is 0 Å². The van der Waals surface area contributed by atoms with Gasteiger partial charge < -0.3 is 9.55 Å². The number of nitrogens with zero attached hydrogens (tertiary/aromatic N) is 3. The summed E-state index contributed by atoms with van der Waals surface area (Å²) in [4.78, 5) is 34.0. The number of halogens is 1. The minimum absolute atomic E-state index is 0.0726. The summed E-state index contributed by atoms with van der Waals surface area (Å²) in [5.41, 5.74) is 1.36. The maximum atomic E-state index is 13.4. The fraction of sp³-hybridized carbons (Fsp3) is 0.350. The molecule has 5 rings (SSSR count). The van der Waals surface area contributed by atoms with E-state index in [0.29, 0.717) is 29.7 Å². The lowest BCUT2D eigenvalue weighted by Gasteiger charge is -2.42. The number of H-pyrrole nitrogens is 1. The molecule has 3 aromatic rings. The Hall–Kier alpha value is -2.80. The Morgan fingerprint density at radius 1 is 1.15 bits per heavy atom. The predicted molar refractivity (Wildman–Crippen MR) is 99.1 cm³/mol. The van der Waals surface area contributed by atoms with Crippen LogP contribution in [-0.2, 0) is 13.1 Å². The molecule has 2 aliphatic rings. The molecule has 0 radical (unpaired) electrons. The molecule has 0 spiro atoms. The van der Waals surface area contributed by atoms with Crippen LogP contribution in [0.1, 0.15) is 23.9 Å². The molecule has 1 aromatic carbocycles. The van der Waals surface area contributed by atoms with E-state index < -0.39 is 5.82 Å². The van der Waals surface area contributed by atoms with Crippen LogP contribution >= 0.6 is 0 Å². The van der Waals surface area contributed by atoms with Gasteiger partial charge in [0.15, 0.2) is 0 Å². The Morgan fingerprint density at radius 2 is 2.04 bits per heavy atom. The fourth-order valence-electron chi connectivity index (χ4n) is 4.57. The third-order valence-electron chi connectivity index (χ3n) is 5.65. The van der Waals surface area contributed by atoms with Crippen molar-refractivity contribution < 1.29 is 4.39 Å². The Labute approximate surface area is 154 Å². The van der Waals surface area contributed by atoms with Gasteiger partial charge in [-0.3, -0.25) is 14.5 Å². The molecular formula is C20H19FN4O2. The number of fused-ring (bicyclic) bond motifs is 5. The summed E-state index contributed by atoms with van der Waals surface area (Å²) < 4.78 is 15.3. The van der Waals surface area contributed by atoms with Crippen LogP contribution in [0.15, 0.2) is 46.0 Å². The quantitative estimate of drug-likeness (QED) is 0.751. The summed E-state index contributed by atoms with van der Waals surface area (Å²) in [5, 5.41) is 0.266. The van der Waals surface area contributed by atoms with E-state index in [-0.39, 0.29) is 16.5 Å². The largest absolute Gasteiger partial charge is 0.312 e. The van der Waals surface area contributed by atoms with Gasteiger partial charge in [0.25, 0.3) is 11.1 Å². The lowest BCUT2D eigenvalue weighted by atomic mass is 9.83. The molecule has 1 fully saturated rings. The van der Waals surface area contributed by atoms with Crippen molar-refractivity contribution in [3.8, 4) is 0 Å². The molecule has 0 aliphatic carbocycles. The summed E-state index contributed by atoms with van der Waals surface area (Å²) >= 11 is 0. The highest BCUT2D eigenvalue weighted by Gasteiger charge is 2.34. The van der Waals surface area contributed by atoms with Gasteiger partial charge in [0.1, 0.15) is 11.6 Å². The van der Waals surface area contributed by atoms with Crippen LogP contribution in [0, 0.1) is 11.7 Å². The number of aromatic nitrogens is 3. The van der Waals surface area contributed by atoms with Crippen LogP contribution in [0.5, 0.6) is 0 Å². The maximum absolute atomic E-state index is 13.4. The minimum Gasteiger partial charge on any atom is -0.312 e. The van der Waals surface area contributed by atoms with E-state index in [1.807, 2.05) is 16.7 Å². The SMILES string of the molecule is O=c1[nH]c(CN2CC3C[C@H](C2)Cn2c3cccc2=O)nc2ccc(F)cc12. The first-order chi connectivity index (χ1) is 13.1. The highest BCUT2D eigenvalue weighted by molar-refractivity contribution is 5.77. The molecule has 2 aliphatic heterocycles. The van der Waals surface area contributed by atoms with Gasteiger partial charge in [-0.05, 0) is 36.6 Å². The van der Waals surface area contributed by atoms with E-state index in [1.165, 1.54) is 18.2 Å². The van der Waals surface area contributed by atoms with Gasteiger partial charge in [-0.25, -0.2) is 9.37 Å². The van der Waals surface area contributed by atoms with Gasteiger partial charge in [0.05, 0.1) is 17.4 Å². The molecule has 1 saturated heterocycles. The number of nitrogens with one attached hydrogen (secondary N) is 1. The zero-order chi connectivity index (χ0) is 18.5. The molecule has 27 heavy (non-hydrogen) atoms. The van der Waals surface area contributed by atoms with E-state index in [0.717, 1.165) is 31.7 Å². The van der Waals surface area contributed by atoms with E-state index in [2.05, 4.69) is 14.9 Å². The Kier molecular flexibility index (Phi) is 3.72. The molecule has 2 atom stereocenters. The highest BCUT2D eigenvalue weighted by atomic mass is 19.1. The lowest BCUT2D eigenvalue weighted by Crippen LogP contribution is -2.46. The van der Waals surface area contributed by atoms with Crippen LogP contribution in [0.25, 0.3) is 10.9 Å². The van der Waals surface area contributed by atoms with Gasteiger partial charge in [-0.2, -0.15) is 0 Å². The molecule has 2 bridgehead atoms. The smallest absolute Gasteiger partial charge is 0.258 e. The van der Waals surface area contributed by atoms with E-state index in [1.54, 1.807) is 6.07 Å². The topological polar surface area (TPSA) is 71.0 Å². The first-order valence-corrected chi connectivity index (χ1v) is 9.17. The average molecular weight is 366 g/mol. The van der Waals surface area contributed by atoms with Crippen molar-refractivity contribution in [3.63, 3.8) is 0 Å². The number of hydrogen-bond acceptors (Lipinski definition) is 4. The standard InChI is InChI=1S/C20H19FN4O2/c21-14-4-5-16-15(7-14)20(27)23-18(22-16)11-24-8-12-6-13(10-24)17-2-1-3-19(26)25(17)9-12/h1-5,7,12-13H,6,8-11H2,(H,22,23,27)/t12-,13?/m1/s1. The molecule has 7 heteroatoms. The number of benzene rings is 1. The molecule has 6 nitrogen and oxygen atoms in total.